The average Bonchev–Trinajstić information content (AvgIpc) is 2.01. The van der Waals surface area contributed by atoms with Crippen LogP contribution in [0.15, 0.2) is 23.4 Å². The molecule has 8 heteroatoms. The molecule has 0 spiro atoms. The van der Waals surface area contributed by atoms with Gasteiger partial charge in [0.05, 0.1) is 5.56 Å². The number of nitrogens with zero attached hydrogens (tertiary/aromatic N) is 1. The molecule has 0 atom stereocenters. The molecule has 80 valence electrons. The predicted molar refractivity (Wildman–Crippen MR) is 46.2 cm³/mol. The summed E-state index contributed by atoms with van der Waals surface area (Å²) in [6.45, 7) is 0. The molecule has 0 aliphatic rings. The van der Waals surface area contributed by atoms with E-state index in [1.807, 2.05) is 0 Å². The molecular formula is C6H5ClF3NO2S. The molecule has 1 heterocycles. The van der Waals surface area contributed by atoms with Gasteiger partial charge in [0.1, 0.15) is 0 Å². The highest BCUT2D eigenvalue weighted by molar-refractivity contribution is 8.43. The van der Waals surface area contributed by atoms with E-state index in [0.717, 1.165) is 6.07 Å². The number of hydrogen-bond donors (Lipinski definition) is 2. The summed E-state index contributed by atoms with van der Waals surface area (Å²) in [5, 5.41) is -0.382. The number of rotatable bonds is 1. The van der Waals surface area contributed by atoms with E-state index in [0.29, 0.717) is 12.3 Å². The highest BCUT2D eigenvalue weighted by atomic mass is 35.7. The van der Waals surface area contributed by atoms with Crippen LogP contribution in [0.5, 0.6) is 0 Å². The first-order valence-corrected chi connectivity index (χ1v) is 5.59. The summed E-state index contributed by atoms with van der Waals surface area (Å²) < 4.78 is 53.8. The lowest BCUT2D eigenvalue weighted by molar-refractivity contribution is -0.137. The molecule has 3 nitrogen and oxygen atoms in total. The third-order valence-electron chi connectivity index (χ3n) is 1.33. The minimum atomic E-state index is -4.50. The predicted octanol–water partition coefficient (Wildman–Crippen LogP) is 3.36. The van der Waals surface area contributed by atoms with Crippen molar-refractivity contribution in [1.82, 2.24) is 4.98 Å². The van der Waals surface area contributed by atoms with Crippen LogP contribution >= 0.6 is 20.5 Å². The molecule has 1 aromatic rings. The van der Waals surface area contributed by atoms with Crippen LogP contribution in [0.4, 0.5) is 13.2 Å². The smallest absolute Gasteiger partial charge is 0.280 e. The van der Waals surface area contributed by atoms with Crippen LogP contribution in [-0.4, -0.2) is 14.1 Å². The maximum Gasteiger partial charge on any atom is 0.417 e. The summed E-state index contributed by atoms with van der Waals surface area (Å²) in [4.78, 5) is 3.20. The zero-order chi connectivity index (χ0) is 11.0. The standard InChI is InChI=1S/C6H5ClF3NO2S/c7-14(12,13)5-2-1-4(3-11-5)6(8,9)10/h1-3,12-13H. The monoisotopic (exact) mass is 247 g/mol. The minimum Gasteiger partial charge on any atom is -0.280 e. The number of halogens is 4. The Bertz CT molecular complexity index is 288. The van der Waals surface area contributed by atoms with Crippen molar-refractivity contribution in [1.29, 1.82) is 0 Å². The first-order valence-electron chi connectivity index (χ1n) is 3.22. The van der Waals surface area contributed by atoms with Crippen LogP contribution in [0.1, 0.15) is 5.56 Å². The lowest BCUT2D eigenvalue weighted by Gasteiger charge is -2.21. The van der Waals surface area contributed by atoms with E-state index in [2.05, 4.69) is 4.98 Å². The fraction of sp³-hybridized carbons (Fsp3) is 0.167. The second-order valence-corrected chi connectivity index (χ2v) is 5.03. The lowest BCUT2D eigenvalue weighted by atomic mass is 10.3. The molecule has 0 fully saturated rings. The van der Waals surface area contributed by atoms with Crippen molar-refractivity contribution in [3.8, 4) is 0 Å². The van der Waals surface area contributed by atoms with Gasteiger partial charge in [-0.3, -0.25) is 9.11 Å². The Hall–Kier alpha value is -0.500. The second-order valence-electron chi connectivity index (χ2n) is 2.36. The van der Waals surface area contributed by atoms with E-state index in [-0.39, 0.29) is 5.03 Å². The van der Waals surface area contributed by atoms with Gasteiger partial charge in [-0.1, -0.05) is 9.80 Å². The van der Waals surface area contributed by atoms with Crippen LogP contribution < -0.4 is 0 Å². The highest BCUT2D eigenvalue weighted by Gasteiger charge is 2.31. The quantitative estimate of drug-likeness (QED) is 0.800. The van der Waals surface area contributed by atoms with Crippen molar-refractivity contribution in [2.75, 3.05) is 0 Å². The molecule has 1 aromatic heterocycles. The molecule has 1 rings (SSSR count). The Morgan fingerprint density at radius 1 is 1.29 bits per heavy atom. The Morgan fingerprint density at radius 3 is 2.14 bits per heavy atom. The molecule has 0 amide bonds. The summed E-state index contributed by atoms with van der Waals surface area (Å²) in [6.07, 6.45) is -4.01. The van der Waals surface area contributed by atoms with Crippen LogP contribution in [-0.2, 0) is 6.18 Å². The molecule has 0 saturated carbocycles. The molecule has 0 saturated heterocycles. The normalized spacial score (nSPS) is 14.1. The van der Waals surface area contributed by atoms with Gasteiger partial charge in [0.2, 0.25) is 0 Å². The Balaban J connectivity index is 3.02. The molecule has 2 N–H and O–H groups in total. The largest absolute Gasteiger partial charge is 0.417 e. The van der Waals surface area contributed by atoms with Crippen molar-refractivity contribution in [3.63, 3.8) is 0 Å². The van der Waals surface area contributed by atoms with Crippen LogP contribution in [0.2, 0.25) is 0 Å². The first kappa shape index (κ1) is 11.6. The van der Waals surface area contributed by atoms with Crippen molar-refractivity contribution in [3.05, 3.63) is 23.9 Å². The van der Waals surface area contributed by atoms with Gasteiger partial charge in [-0.25, -0.2) is 4.98 Å². The van der Waals surface area contributed by atoms with Crippen molar-refractivity contribution < 1.29 is 22.3 Å². The van der Waals surface area contributed by atoms with Gasteiger partial charge < -0.3 is 0 Å². The Labute approximate surface area is 83.4 Å². The van der Waals surface area contributed by atoms with E-state index in [9.17, 15) is 13.2 Å². The van der Waals surface area contributed by atoms with Crippen molar-refractivity contribution >= 4 is 20.5 Å². The molecule has 0 bridgehead atoms. The Morgan fingerprint density at radius 2 is 1.86 bits per heavy atom. The van der Waals surface area contributed by atoms with Gasteiger partial charge in [0, 0.05) is 16.9 Å². The van der Waals surface area contributed by atoms with Gasteiger partial charge in [0.25, 0.3) is 0 Å². The van der Waals surface area contributed by atoms with E-state index in [4.69, 9.17) is 19.8 Å². The van der Waals surface area contributed by atoms with Gasteiger partial charge in [-0.05, 0) is 12.1 Å². The zero-order valence-electron chi connectivity index (χ0n) is 6.49. The molecule has 0 aliphatic heterocycles. The third-order valence-corrected chi connectivity index (χ3v) is 2.58. The third kappa shape index (κ3) is 2.74. The van der Waals surface area contributed by atoms with Gasteiger partial charge >= 0.3 is 6.18 Å². The topological polar surface area (TPSA) is 53.4 Å². The molecule has 0 aliphatic carbocycles. The molecule has 0 unspecified atom stereocenters. The van der Waals surface area contributed by atoms with E-state index in [1.54, 1.807) is 0 Å². The summed E-state index contributed by atoms with van der Waals surface area (Å²) in [5.74, 6) is 0. The molecule has 14 heavy (non-hydrogen) atoms. The summed E-state index contributed by atoms with van der Waals surface area (Å²) >= 11 is 0. The van der Waals surface area contributed by atoms with E-state index in [1.165, 1.54) is 0 Å². The van der Waals surface area contributed by atoms with E-state index >= 15 is 0 Å². The minimum absolute atomic E-state index is 0.382. The number of aromatic nitrogens is 1. The molecule has 0 aromatic carbocycles. The maximum absolute atomic E-state index is 12.0. The fourth-order valence-corrected chi connectivity index (χ4v) is 1.40. The number of hydrogen-bond acceptors (Lipinski definition) is 3. The number of pyridine rings is 1. The van der Waals surface area contributed by atoms with Crippen LogP contribution in [0.3, 0.4) is 0 Å². The van der Waals surface area contributed by atoms with Crippen LogP contribution in [0, 0.1) is 0 Å². The van der Waals surface area contributed by atoms with Crippen LogP contribution in [0.25, 0.3) is 0 Å². The maximum atomic E-state index is 12.0. The lowest BCUT2D eigenvalue weighted by Crippen LogP contribution is -2.06. The molecule has 0 radical (unpaired) electrons. The fourth-order valence-electron chi connectivity index (χ4n) is 0.702. The average molecular weight is 248 g/mol. The summed E-state index contributed by atoms with van der Waals surface area (Å²) in [5.41, 5.74) is -0.971. The Kier molecular flexibility index (Phi) is 2.96. The first-order chi connectivity index (χ1) is 6.21. The van der Waals surface area contributed by atoms with Crippen molar-refractivity contribution in [2.24, 2.45) is 0 Å². The second kappa shape index (κ2) is 3.58. The van der Waals surface area contributed by atoms with Crippen molar-refractivity contribution in [2.45, 2.75) is 11.2 Å². The summed E-state index contributed by atoms with van der Waals surface area (Å²) in [6, 6.07) is 1.50. The van der Waals surface area contributed by atoms with Gasteiger partial charge in [-0.15, -0.1) is 0 Å². The molecular weight excluding hydrogens is 243 g/mol. The number of alkyl halides is 3. The summed E-state index contributed by atoms with van der Waals surface area (Å²) in [7, 11) is 1.50. The SMILES string of the molecule is OS(O)(Cl)c1ccc(C(F)(F)F)cn1. The van der Waals surface area contributed by atoms with Gasteiger partial charge in [-0.2, -0.15) is 13.2 Å². The highest BCUT2D eigenvalue weighted by Crippen LogP contribution is 2.51. The van der Waals surface area contributed by atoms with Gasteiger partial charge in [0.15, 0.2) is 5.03 Å². The van der Waals surface area contributed by atoms with E-state index < -0.39 is 21.5 Å². The zero-order valence-corrected chi connectivity index (χ0v) is 8.07.